The van der Waals surface area contributed by atoms with E-state index in [1.54, 1.807) is 0 Å². The van der Waals surface area contributed by atoms with Crippen molar-refractivity contribution < 1.29 is 0 Å². The van der Waals surface area contributed by atoms with Gasteiger partial charge >= 0.3 is 0 Å². The lowest BCUT2D eigenvalue weighted by atomic mass is 9.83. The third-order valence-corrected chi connectivity index (χ3v) is 3.79. The molecule has 82 valence electrons. The average Bonchev–Trinajstić information content (AvgIpc) is 2.42. The zero-order chi connectivity index (χ0) is 11.7. The molecule has 0 aromatic heterocycles. The molecule has 1 aliphatic heterocycles. The van der Waals surface area contributed by atoms with Crippen LogP contribution in [0.3, 0.4) is 0 Å². The lowest BCUT2D eigenvalue weighted by molar-refractivity contribution is 0.430. The molecule has 0 spiro atoms. The van der Waals surface area contributed by atoms with Crippen LogP contribution in [-0.2, 0) is 0 Å². The van der Waals surface area contributed by atoms with Gasteiger partial charge in [-0.15, -0.1) is 5.10 Å². The van der Waals surface area contributed by atoms with E-state index in [1.165, 1.54) is 0 Å². The van der Waals surface area contributed by atoms with Crippen LogP contribution in [0.15, 0.2) is 10.2 Å². The maximum Gasteiger partial charge on any atom is 0.162 e. The second-order valence-corrected chi connectivity index (χ2v) is 6.35. The van der Waals surface area contributed by atoms with Crippen LogP contribution in [0.25, 0.3) is 0 Å². The first-order chi connectivity index (χ1) is 6.83. The van der Waals surface area contributed by atoms with E-state index in [0.29, 0.717) is 5.71 Å². The maximum atomic E-state index is 8.96. The van der Waals surface area contributed by atoms with E-state index in [0.717, 1.165) is 18.6 Å². The highest BCUT2D eigenvalue weighted by molar-refractivity contribution is 9.10. The monoisotopic (exact) mass is 269 g/mol. The molecule has 0 aromatic carbocycles. The Morgan fingerprint density at radius 1 is 1.40 bits per heavy atom. The molecule has 0 N–H and O–H groups in total. The summed E-state index contributed by atoms with van der Waals surface area (Å²) in [4.78, 5) is 0. The van der Waals surface area contributed by atoms with Gasteiger partial charge in [-0.05, 0) is 18.3 Å². The molecular weight excluding hydrogens is 254 g/mol. The van der Waals surface area contributed by atoms with Crippen LogP contribution in [0.4, 0.5) is 0 Å². The zero-order valence-corrected chi connectivity index (χ0v) is 11.2. The van der Waals surface area contributed by atoms with Gasteiger partial charge in [0.2, 0.25) is 0 Å². The van der Waals surface area contributed by atoms with Crippen molar-refractivity contribution in [3.63, 3.8) is 0 Å². The fourth-order valence-corrected chi connectivity index (χ4v) is 1.95. The maximum absolute atomic E-state index is 8.96. The topological polar surface area (TPSA) is 48.5 Å². The highest BCUT2D eigenvalue weighted by Gasteiger charge is 2.42. The van der Waals surface area contributed by atoms with E-state index in [1.807, 2.05) is 6.92 Å². The first-order valence-electron chi connectivity index (χ1n) is 5.08. The summed E-state index contributed by atoms with van der Waals surface area (Å²) in [6, 6.07) is 2.11. The van der Waals surface area contributed by atoms with Crippen LogP contribution in [0.2, 0.25) is 0 Å². The van der Waals surface area contributed by atoms with E-state index < -0.39 is 4.32 Å². The second kappa shape index (κ2) is 4.05. The normalized spacial score (nSPS) is 25.9. The van der Waals surface area contributed by atoms with Crippen LogP contribution in [0, 0.1) is 16.7 Å². The molecule has 1 unspecified atom stereocenters. The SMILES string of the molecule is CCC1(Br)C(C#N)=NN=C1CC(C)(C)C. The van der Waals surface area contributed by atoms with Crippen LogP contribution in [0.5, 0.6) is 0 Å². The molecule has 1 aliphatic rings. The zero-order valence-electron chi connectivity index (χ0n) is 9.63. The highest BCUT2D eigenvalue weighted by atomic mass is 79.9. The summed E-state index contributed by atoms with van der Waals surface area (Å²) in [6.07, 6.45) is 1.65. The standard InChI is InChI=1S/C11H16BrN3/c1-5-11(12)8(6-10(2,3)4)14-15-9(11)7-13/h5-6H2,1-4H3. The van der Waals surface area contributed by atoms with Crippen LogP contribution < -0.4 is 0 Å². The average molecular weight is 270 g/mol. The van der Waals surface area contributed by atoms with Crippen molar-refractivity contribution in [3.8, 4) is 6.07 Å². The molecule has 1 heterocycles. The number of hydrogen-bond acceptors (Lipinski definition) is 3. The quantitative estimate of drug-likeness (QED) is 0.710. The molecule has 3 nitrogen and oxygen atoms in total. The van der Waals surface area contributed by atoms with Crippen LogP contribution in [-0.4, -0.2) is 15.7 Å². The second-order valence-electron chi connectivity index (χ2n) is 5.00. The summed E-state index contributed by atoms with van der Waals surface area (Å²) >= 11 is 3.61. The van der Waals surface area contributed by atoms with Gasteiger partial charge in [0.05, 0.1) is 5.71 Å². The molecule has 15 heavy (non-hydrogen) atoms. The predicted octanol–water partition coefficient (Wildman–Crippen LogP) is 3.30. The summed E-state index contributed by atoms with van der Waals surface area (Å²) in [6.45, 7) is 8.50. The Hall–Kier alpha value is -0.690. The van der Waals surface area contributed by atoms with E-state index >= 15 is 0 Å². The van der Waals surface area contributed by atoms with Gasteiger partial charge in [0.15, 0.2) is 5.71 Å². The molecule has 0 fully saturated rings. The Balaban J connectivity index is 2.93. The van der Waals surface area contributed by atoms with E-state index in [2.05, 4.69) is 53.0 Å². The predicted molar refractivity (Wildman–Crippen MR) is 66.5 cm³/mol. The first kappa shape index (κ1) is 12.4. The number of rotatable bonds is 2. The van der Waals surface area contributed by atoms with E-state index in [-0.39, 0.29) is 5.41 Å². The summed E-state index contributed by atoms with van der Waals surface area (Å²) in [7, 11) is 0. The van der Waals surface area contributed by atoms with Gasteiger partial charge in [-0.25, -0.2) is 0 Å². The third-order valence-electron chi connectivity index (χ3n) is 2.39. The van der Waals surface area contributed by atoms with Crippen molar-refractivity contribution in [2.45, 2.75) is 44.9 Å². The van der Waals surface area contributed by atoms with Gasteiger partial charge < -0.3 is 0 Å². The van der Waals surface area contributed by atoms with Crippen LogP contribution >= 0.6 is 15.9 Å². The Morgan fingerprint density at radius 3 is 2.40 bits per heavy atom. The van der Waals surface area contributed by atoms with Gasteiger partial charge in [-0.1, -0.05) is 43.6 Å². The Kier molecular flexibility index (Phi) is 3.34. The largest absolute Gasteiger partial charge is 0.191 e. The number of nitriles is 1. The molecule has 0 bridgehead atoms. The number of nitrogens with zero attached hydrogens (tertiary/aromatic N) is 3. The molecule has 0 amide bonds. The molecule has 0 aromatic rings. The number of alkyl halides is 1. The molecule has 4 heteroatoms. The van der Waals surface area contributed by atoms with E-state index in [4.69, 9.17) is 5.26 Å². The summed E-state index contributed by atoms with van der Waals surface area (Å²) in [5.41, 5.74) is 1.60. The molecule has 0 saturated carbocycles. The highest BCUT2D eigenvalue weighted by Crippen LogP contribution is 2.35. The van der Waals surface area contributed by atoms with Crippen molar-refractivity contribution >= 4 is 27.4 Å². The van der Waals surface area contributed by atoms with Gasteiger partial charge in [0.25, 0.3) is 0 Å². The van der Waals surface area contributed by atoms with Crippen molar-refractivity contribution in [1.82, 2.24) is 0 Å². The summed E-state index contributed by atoms with van der Waals surface area (Å²) < 4.78 is -0.422. The fraction of sp³-hybridized carbons (Fsp3) is 0.727. The molecule has 0 radical (unpaired) electrons. The fourth-order valence-electron chi connectivity index (χ4n) is 1.57. The molecule has 0 aliphatic carbocycles. The van der Waals surface area contributed by atoms with Crippen molar-refractivity contribution in [2.75, 3.05) is 0 Å². The van der Waals surface area contributed by atoms with Crippen molar-refractivity contribution in [2.24, 2.45) is 15.6 Å². The van der Waals surface area contributed by atoms with Gasteiger partial charge in [-0.2, -0.15) is 10.4 Å². The molecule has 1 atom stereocenters. The van der Waals surface area contributed by atoms with Gasteiger partial charge in [-0.3, -0.25) is 0 Å². The number of hydrogen-bond donors (Lipinski definition) is 0. The lowest BCUT2D eigenvalue weighted by Gasteiger charge is -2.26. The Labute approximate surface area is 99.4 Å². The Morgan fingerprint density at radius 2 is 2.00 bits per heavy atom. The van der Waals surface area contributed by atoms with Gasteiger partial charge in [0, 0.05) is 0 Å². The first-order valence-corrected chi connectivity index (χ1v) is 5.87. The minimum Gasteiger partial charge on any atom is -0.191 e. The lowest BCUT2D eigenvalue weighted by Crippen LogP contribution is -2.38. The minimum atomic E-state index is -0.422. The van der Waals surface area contributed by atoms with Crippen molar-refractivity contribution in [3.05, 3.63) is 0 Å². The molecular formula is C11H16BrN3. The summed E-state index contributed by atoms with van der Waals surface area (Å²) in [5.74, 6) is 0. The van der Waals surface area contributed by atoms with E-state index in [9.17, 15) is 0 Å². The smallest absolute Gasteiger partial charge is 0.162 e. The summed E-state index contributed by atoms with van der Waals surface area (Å²) in [5, 5.41) is 17.0. The third kappa shape index (κ3) is 2.46. The van der Waals surface area contributed by atoms with Gasteiger partial charge in [0.1, 0.15) is 10.4 Å². The van der Waals surface area contributed by atoms with Crippen molar-refractivity contribution in [1.29, 1.82) is 5.26 Å². The number of halogens is 1. The molecule has 1 rings (SSSR count). The molecule has 0 saturated heterocycles. The Bertz CT molecular complexity index is 357. The minimum absolute atomic E-state index is 0.160. The van der Waals surface area contributed by atoms with Crippen LogP contribution in [0.1, 0.15) is 40.5 Å².